The lowest BCUT2D eigenvalue weighted by Crippen LogP contribution is -2.14. The monoisotopic (exact) mass is 343 g/mol. The molecular weight excluding hydrogens is 321 g/mol. The number of aliphatic hydroxyl groups excluding tert-OH is 1. The van der Waals surface area contributed by atoms with Crippen molar-refractivity contribution in [3.05, 3.63) is 12.0 Å². The number of nitrogens with two attached hydrogens (primary N) is 1. The van der Waals surface area contributed by atoms with E-state index in [4.69, 9.17) is 14.8 Å². The number of aliphatic hydroxyl groups is 1. The van der Waals surface area contributed by atoms with Crippen LogP contribution in [0.4, 0.5) is 5.95 Å². The fraction of sp³-hybridized carbons (Fsp3) is 0.615. The fourth-order valence-electron chi connectivity index (χ4n) is 2.16. The highest BCUT2D eigenvalue weighted by atomic mass is 31.2. The quantitative estimate of drug-likeness (QED) is 0.583. The van der Waals surface area contributed by atoms with Gasteiger partial charge in [0.25, 0.3) is 0 Å². The summed E-state index contributed by atoms with van der Waals surface area (Å²) in [6.07, 6.45) is 1.52. The molecule has 4 N–H and O–H groups in total. The van der Waals surface area contributed by atoms with E-state index in [1.165, 1.54) is 0 Å². The lowest BCUT2D eigenvalue weighted by molar-refractivity contribution is 0.161. The Morgan fingerprint density at radius 1 is 1.35 bits per heavy atom. The van der Waals surface area contributed by atoms with Gasteiger partial charge >= 0.3 is 7.60 Å². The van der Waals surface area contributed by atoms with E-state index in [-0.39, 0.29) is 25.0 Å². The summed E-state index contributed by atoms with van der Waals surface area (Å²) in [7, 11) is -3.14. The van der Waals surface area contributed by atoms with Crippen molar-refractivity contribution in [2.75, 3.05) is 25.1 Å². The number of nitrogens with one attached hydrogen (secondary N) is 1. The van der Waals surface area contributed by atoms with Crippen molar-refractivity contribution in [3.8, 4) is 0 Å². The van der Waals surface area contributed by atoms with Crippen molar-refractivity contribution in [2.24, 2.45) is 0 Å². The van der Waals surface area contributed by atoms with Crippen LogP contribution in [0.25, 0.3) is 11.2 Å². The molecule has 2 aromatic rings. The summed E-state index contributed by atoms with van der Waals surface area (Å²) in [5.41, 5.74) is 6.60. The average molecular weight is 343 g/mol. The van der Waals surface area contributed by atoms with E-state index < -0.39 is 13.7 Å². The number of fused-ring (bicyclic) bond motifs is 1. The van der Waals surface area contributed by atoms with E-state index in [1.54, 1.807) is 20.0 Å². The third-order valence-corrected chi connectivity index (χ3v) is 5.23. The predicted octanol–water partition coefficient (Wildman–Crippen LogP) is 1.49. The maximum atomic E-state index is 12.3. The van der Waals surface area contributed by atoms with Crippen LogP contribution in [0, 0.1) is 0 Å². The molecule has 0 spiro atoms. The van der Waals surface area contributed by atoms with E-state index in [9.17, 15) is 9.67 Å². The zero-order valence-corrected chi connectivity index (χ0v) is 14.1. The van der Waals surface area contributed by atoms with Crippen LogP contribution in [-0.2, 0) is 20.0 Å². The molecule has 0 aliphatic heterocycles. The largest absolute Gasteiger partial charge is 0.393 e. The molecule has 0 saturated carbocycles. The summed E-state index contributed by atoms with van der Waals surface area (Å²) in [5, 5.41) is 10.1. The summed E-state index contributed by atoms with van der Waals surface area (Å²) in [4.78, 5) is 15.1. The zero-order chi connectivity index (χ0) is 16.9. The van der Waals surface area contributed by atoms with Gasteiger partial charge in [0.2, 0.25) is 5.95 Å². The van der Waals surface area contributed by atoms with Gasteiger partial charge in [-0.1, -0.05) is 0 Å². The van der Waals surface area contributed by atoms with Crippen LogP contribution in [0.15, 0.2) is 6.20 Å². The van der Waals surface area contributed by atoms with Crippen LogP contribution in [0.1, 0.15) is 26.1 Å². The molecule has 2 heterocycles. The lowest BCUT2D eigenvalue weighted by Gasteiger charge is -2.18. The highest BCUT2D eigenvalue weighted by Gasteiger charge is 2.25. The average Bonchev–Trinajstić information content (AvgIpc) is 2.87. The van der Waals surface area contributed by atoms with Gasteiger partial charge in [-0.05, 0) is 20.3 Å². The van der Waals surface area contributed by atoms with Crippen LogP contribution in [0.3, 0.4) is 0 Å². The Labute approximate surface area is 134 Å². The fourth-order valence-corrected chi connectivity index (χ4v) is 3.89. The number of nitrogen functional groups attached to an aromatic ring is 1. The van der Waals surface area contributed by atoms with Crippen LogP contribution in [0.2, 0.25) is 0 Å². The minimum atomic E-state index is -3.14. The second kappa shape index (κ2) is 7.83. The molecular formula is C13H22N5O4P. The summed E-state index contributed by atoms with van der Waals surface area (Å²) >= 11 is 0. The molecule has 0 fully saturated rings. The van der Waals surface area contributed by atoms with Crippen molar-refractivity contribution in [1.82, 2.24) is 19.9 Å². The molecule has 0 amide bonds. The maximum Gasteiger partial charge on any atom is 0.330 e. The molecule has 10 heteroatoms. The molecule has 1 atom stereocenters. The Hall–Kier alpha value is -1.54. The number of aromatic amines is 1. The third kappa shape index (κ3) is 4.97. The SMILES string of the molecule is CCOP(=O)(CC[C@H](O)Cc1nc2nc(N)ncc2[nH]1)OCC. The van der Waals surface area contributed by atoms with E-state index in [1.807, 2.05) is 0 Å². The second-order valence-electron chi connectivity index (χ2n) is 4.97. The Bertz CT molecular complexity index is 682. The molecule has 0 saturated heterocycles. The van der Waals surface area contributed by atoms with Gasteiger partial charge in [-0.2, -0.15) is 4.98 Å². The molecule has 0 aliphatic carbocycles. The summed E-state index contributed by atoms with van der Waals surface area (Å²) in [5.74, 6) is 0.709. The number of aromatic nitrogens is 4. The molecule has 9 nitrogen and oxygen atoms in total. The van der Waals surface area contributed by atoms with Crippen molar-refractivity contribution < 1.29 is 18.7 Å². The van der Waals surface area contributed by atoms with Gasteiger partial charge in [-0.3, -0.25) is 4.57 Å². The van der Waals surface area contributed by atoms with Gasteiger partial charge in [-0.15, -0.1) is 0 Å². The Kier molecular flexibility index (Phi) is 6.06. The van der Waals surface area contributed by atoms with Crippen LogP contribution >= 0.6 is 7.60 Å². The van der Waals surface area contributed by atoms with Crippen LogP contribution < -0.4 is 5.73 Å². The number of nitrogens with zero attached hydrogens (tertiary/aromatic N) is 3. The minimum absolute atomic E-state index is 0.144. The lowest BCUT2D eigenvalue weighted by atomic mass is 10.2. The van der Waals surface area contributed by atoms with Gasteiger partial charge < -0.3 is 24.9 Å². The number of anilines is 1. The van der Waals surface area contributed by atoms with Crippen LogP contribution in [-0.4, -0.2) is 50.5 Å². The van der Waals surface area contributed by atoms with Gasteiger partial charge in [0.15, 0.2) is 5.65 Å². The first-order valence-corrected chi connectivity index (χ1v) is 9.22. The van der Waals surface area contributed by atoms with Gasteiger partial charge in [0.1, 0.15) is 11.3 Å². The Morgan fingerprint density at radius 2 is 2.04 bits per heavy atom. The standard InChI is InChI=1S/C13H22N5O4P/c1-3-21-23(20,22-4-2)6-5-9(19)7-11-16-10-8-15-13(14)18-12(10)17-11/h8-9,19H,3-7H2,1-2H3,(H3,14,15,16,17,18)/t9-/m0/s1. The second-order valence-corrected chi connectivity index (χ2v) is 7.15. The third-order valence-electron chi connectivity index (χ3n) is 3.12. The molecule has 0 bridgehead atoms. The van der Waals surface area contributed by atoms with E-state index >= 15 is 0 Å². The predicted molar refractivity (Wildman–Crippen MR) is 86.1 cm³/mol. The smallest absolute Gasteiger partial charge is 0.330 e. The molecule has 23 heavy (non-hydrogen) atoms. The van der Waals surface area contributed by atoms with E-state index in [2.05, 4.69) is 19.9 Å². The van der Waals surface area contributed by atoms with Gasteiger partial charge in [-0.25, -0.2) is 9.97 Å². The molecule has 0 aromatic carbocycles. The van der Waals surface area contributed by atoms with E-state index in [0.717, 1.165) is 0 Å². The zero-order valence-electron chi connectivity index (χ0n) is 13.2. The minimum Gasteiger partial charge on any atom is -0.393 e. The summed E-state index contributed by atoms with van der Waals surface area (Å²) in [6.45, 7) is 4.11. The first kappa shape index (κ1) is 17.8. The molecule has 128 valence electrons. The van der Waals surface area contributed by atoms with Gasteiger partial charge in [0, 0.05) is 6.42 Å². The first-order valence-electron chi connectivity index (χ1n) is 7.49. The van der Waals surface area contributed by atoms with Crippen molar-refractivity contribution >= 4 is 24.7 Å². The summed E-state index contributed by atoms with van der Waals surface area (Å²) < 4.78 is 22.7. The summed E-state index contributed by atoms with van der Waals surface area (Å²) in [6, 6.07) is 0. The number of H-pyrrole nitrogens is 1. The van der Waals surface area contributed by atoms with Crippen LogP contribution in [0.5, 0.6) is 0 Å². The highest BCUT2D eigenvalue weighted by Crippen LogP contribution is 2.48. The maximum absolute atomic E-state index is 12.3. The molecule has 2 rings (SSSR count). The van der Waals surface area contributed by atoms with E-state index in [0.29, 0.717) is 30.2 Å². The Balaban J connectivity index is 1.95. The molecule has 0 aliphatic rings. The number of hydrogen-bond donors (Lipinski definition) is 3. The van der Waals surface area contributed by atoms with Crippen molar-refractivity contribution in [1.29, 1.82) is 0 Å². The molecule has 0 radical (unpaired) electrons. The molecule has 0 unspecified atom stereocenters. The topological polar surface area (TPSA) is 136 Å². The number of hydrogen-bond acceptors (Lipinski definition) is 8. The Morgan fingerprint density at radius 3 is 2.70 bits per heavy atom. The number of rotatable bonds is 9. The van der Waals surface area contributed by atoms with Crippen molar-refractivity contribution in [2.45, 2.75) is 32.8 Å². The first-order chi connectivity index (χ1) is 11.0. The number of imidazole rings is 1. The normalized spacial score (nSPS) is 13.5. The molecule has 2 aromatic heterocycles. The van der Waals surface area contributed by atoms with Gasteiger partial charge in [0.05, 0.1) is 31.7 Å². The highest BCUT2D eigenvalue weighted by molar-refractivity contribution is 7.53. The van der Waals surface area contributed by atoms with Crippen molar-refractivity contribution in [3.63, 3.8) is 0 Å².